The quantitative estimate of drug-likeness (QED) is 0.518. The minimum atomic E-state index is -0.369. The molecule has 0 fully saturated rings. The Labute approximate surface area is 168 Å². The monoisotopic (exact) mass is 382 g/mol. The highest BCUT2D eigenvalue weighted by Gasteiger charge is 2.16. The van der Waals surface area contributed by atoms with Gasteiger partial charge in [-0.05, 0) is 41.0 Å². The SMILES string of the molecule is COC(=O)c1cc2ccccc2n1Cc1ccc(-c2ccc(O)c(C#N)c2)cc1. The Morgan fingerprint density at radius 3 is 2.48 bits per heavy atom. The normalized spacial score (nSPS) is 10.6. The van der Waals surface area contributed by atoms with Crippen LogP contribution in [0.15, 0.2) is 72.8 Å². The maximum Gasteiger partial charge on any atom is 0.354 e. The third kappa shape index (κ3) is 3.44. The lowest BCUT2D eigenvalue weighted by Gasteiger charge is -2.11. The highest BCUT2D eigenvalue weighted by Crippen LogP contribution is 2.27. The van der Waals surface area contributed by atoms with Gasteiger partial charge in [0.15, 0.2) is 0 Å². The summed E-state index contributed by atoms with van der Waals surface area (Å²) < 4.78 is 6.89. The van der Waals surface area contributed by atoms with Crippen LogP contribution in [0, 0.1) is 11.3 Å². The Bertz CT molecular complexity index is 1250. The number of nitrogens with zero attached hydrogens (tertiary/aromatic N) is 2. The second kappa shape index (κ2) is 7.53. The molecule has 1 heterocycles. The molecule has 5 nitrogen and oxygen atoms in total. The lowest BCUT2D eigenvalue weighted by Crippen LogP contribution is -2.11. The summed E-state index contributed by atoms with van der Waals surface area (Å²) in [6, 6.07) is 24.5. The van der Waals surface area contributed by atoms with Gasteiger partial charge in [0.2, 0.25) is 0 Å². The Kier molecular flexibility index (Phi) is 4.76. The molecule has 0 amide bonds. The van der Waals surface area contributed by atoms with Crippen LogP contribution in [0.3, 0.4) is 0 Å². The summed E-state index contributed by atoms with van der Waals surface area (Å²) in [7, 11) is 1.38. The predicted molar refractivity (Wildman–Crippen MR) is 111 cm³/mol. The molecule has 3 aromatic carbocycles. The minimum absolute atomic E-state index is 0.0253. The molecule has 4 rings (SSSR count). The molecule has 0 aliphatic carbocycles. The summed E-state index contributed by atoms with van der Waals surface area (Å²) in [5.74, 6) is -0.395. The van der Waals surface area contributed by atoms with Crippen molar-refractivity contribution in [3.63, 3.8) is 0 Å². The fourth-order valence-electron chi connectivity index (χ4n) is 3.44. The van der Waals surface area contributed by atoms with E-state index < -0.39 is 0 Å². The lowest BCUT2D eigenvalue weighted by molar-refractivity contribution is 0.0589. The van der Waals surface area contributed by atoms with E-state index in [0.29, 0.717) is 12.2 Å². The van der Waals surface area contributed by atoms with E-state index >= 15 is 0 Å². The van der Waals surface area contributed by atoms with Crippen molar-refractivity contribution in [2.24, 2.45) is 0 Å². The molecule has 0 aliphatic heterocycles. The number of benzene rings is 3. The maximum atomic E-state index is 12.2. The van der Waals surface area contributed by atoms with Crippen molar-refractivity contribution in [1.29, 1.82) is 5.26 Å². The molecular weight excluding hydrogens is 364 g/mol. The zero-order valence-electron chi connectivity index (χ0n) is 15.8. The Balaban J connectivity index is 1.68. The van der Waals surface area contributed by atoms with Gasteiger partial charge in [0.1, 0.15) is 17.5 Å². The molecule has 0 bridgehead atoms. The van der Waals surface area contributed by atoms with E-state index in [0.717, 1.165) is 27.6 Å². The number of phenolic OH excluding ortho intramolecular Hbond substituents is 1. The van der Waals surface area contributed by atoms with Gasteiger partial charge in [0, 0.05) is 17.4 Å². The van der Waals surface area contributed by atoms with Crippen LogP contribution in [-0.4, -0.2) is 22.8 Å². The van der Waals surface area contributed by atoms with E-state index in [-0.39, 0.29) is 17.3 Å². The molecule has 5 heteroatoms. The summed E-state index contributed by atoms with van der Waals surface area (Å²) in [6.07, 6.45) is 0. The number of aromatic hydroxyl groups is 1. The first kappa shape index (κ1) is 18.3. The van der Waals surface area contributed by atoms with Crippen molar-refractivity contribution in [2.75, 3.05) is 7.11 Å². The number of carbonyl (C=O) groups excluding carboxylic acids is 1. The van der Waals surface area contributed by atoms with Crippen LogP contribution in [-0.2, 0) is 11.3 Å². The van der Waals surface area contributed by atoms with E-state index in [1.807, 2.05) is 65.2 Å². The minimum Gasteiger partial charge on any atom is -0.507 e. The molecule has 1 N–H and O–H groups in total. The predicted octanol–water partition coefficient (Wildman–Crippen LogP) is 4.72. The van der Waals surface area contributed by atoms with Crippen molar-refractivity contribution in [3.8, 4) is 22.9 Å². The van der Waals surface area contributed by atoms with Gasteiger partial charge in [0.25, 0.3) is 0 Å². The topological polar surface area (TPSA) is 75.2 Å². The summed E-state index contributed by atoms with van der Waals surface area (Å²) in [5, 5.41) is 19.8. The summed E-state index contributed by atoms with van der Waals surface area (Å²) in [5.41, 5.74) is 4.54. The van der Waals surface area contributed by atoms with Crippen molar-refractivity contribution in [3.05, 3.63) is 89.6 Å². The van der Waals surface area contributed by atoms with Crippen LogP contribution in [0.4, 0.5) is 0 Å². The van der Waals surface area contributed by atoms with Crippen molar-refractivity contribution < 1.29 is 14.6 Å². The molecule has 0 spiro atoms. The van der Waals surface area contributed by atoms with E-state index in [1.54, 1.807) is 12.1 Å². The zero-order chi connectivity index (χ0) is 20.4. The largest absolute Gasteiger partial charge is 0.507 e. The average Bonchev–Trinajstić information content (AvgIpc) is 3.12. The Hall–Kier alpha value is -4.04. The van der Waals surface area contributed by atoms with E-state index in [9.17, 15) is 9.90 Å². The number of rotatable bonds is 4. The summed E-state index contributed by atoms with van der Waals surface area (Å²) >= 11 is 0. The third-order valence-electron chi connectivity index (χ3n) is 4.95. The van der Waals surface area contributed by atoms with Crippen LogP contribution >= 0.6 is 0 Å². The van der Waals surface area contributed by atoms with Crippen LogP contribution in [0.25, 0.3) is 22.0 Å². The van der Waals surface area contributed by atoms with Gasteiger partial charge < -0.3 is 14.4 Å². The molecule has 4 aromatic rings. The first-order valence-electron chi connectivity index (χ1n) is 9.09. The van der Waals surface area contributed by atoms with Crippen LogP contribution < -0.4 is 0 Å². The lowest BCUT2D eigenvalue weighted by atomic mass is 10.0. The fraction of sp³-hybridized carbons (Fsp3) is 0.0833. The fourth-order valence-corrected chi connectivity index (χ4v) is 3.44. The number of fused-ring (bicyclic) bond motifs is 1. The number of nitriles is 1. The number of hydrogen-bond donors (Lipinski definition) is 1. The third-order valence-corrected chi connectivity index (χ3v) is 4.95. The Morgan fingerprint density at radius 1 is 1.03 bits per heavy atom. The number of ether oxygens (including phenoxy) is 1. The first-order chi connectivity index (χ1) is 14.1. The van der Waals surface area contributed by atoms with Crippen molar-refractivity contribution >= 4 is 16.9 Å². The van der Waals surface area contributed by atoms with Gasteiger partial charge in [-0.1, -0.05) is 48.5 Å². The number of phenols is 1. The zero-order valence-corrected chi connectivity index (χ0v) is 15.8. The first-order valence-corrected chi connectivity index (χ1v) is 9.09. The van der Waals surface area contributed by atoms with Gasteiger partial charge in [-0.2, -0.15) is 5.26 Å². The molecule has 0 atom stereocenters. The standard InChI is InChI=1S/C24H18N2O3/c1-29-24(28)22-13-19-4-2-3-5-21(19)26(22)15-16-6-8-17(9-7-16)18-10-11-23(27)20(12-18)14-25/h2-13,27H,15H2,1H3. The highest BCUT2D eigenvalue weighted by molar-refractivity contribution is 5.95. The number of para-hydroxylation sites is 1. The molecule has 142 valence electrons. The number of aromatic nitrogens is 1. The maximum absolute atomic E-state index is 12.2. The number of carbonyl (C=O) groups is 1. The van der Waals surface area contributed by atoms with Gasteiger partial charge in [0.05, 0.1) is 12.7 Å². The molecule has 0 saturated carbocycles. The molecule has 0 aliphatic rings. The van der Waals surface area contributed by atoms with Crippen LogP contribution in [0.5, 0.6) is 5.75 Å². The van der Waals surface area contributed by atoms with E-state index in [4.69, 9.17) is 10.00 Å². The number of methoxy groups -OCH3 is 1. The average molecular weight is 382 g/mol. The highest BCUT2D eigenvalue weighted by atomic mass is 16.5. The molecule has 0 saturated heterocycles. The van der Waals surface area contributed by atoms with Crippen LogP contribution in [0.2, 0.25) is 0 Å². The van der Waals surface area contributed by atoms with Gasteiger partial charge in [-0.3, -0.25) is 0 Å². The Morgan fingerprint density at radius 2 is 1.76 bits per heavy atom. The van der Waals surface area contributed by atoms with E-state index in [1.165, 1.54) is 13.2 Å². The molecule has 29 heavy (non-hydrogen) atoms. The molecular formula is C24H18N2O3. The smallest absolute Gasteiger partial charge is 0.354 e. The van der Waals surface area contributed by atoms with Crippen molar-refractivity contribution in [2.45, 2.75) is 6.54 Å². The van der Waals surface area contributed by atoms with Gasteiger partial charge >= 0.3 is 5.97 Å². The molecule has 0 radical (unpaired) electrons. The second-order valence-electron chi connectivity index (χ2n) is 6.71. The van der Waals surface area contributed by atoms with E-state index in [2.05, 4.69) is 0 Å². The van der Waals surface area contributed by atoms with Gasteiger partial charge in [-0.15, -0.1) is 0 Å². The number of hydrogen-bond acceptors (Lipinski definition) is 4. The number of esters is 1. The second-order valence-corrected chi connectivity index (χ2v) is 6.71. The van der Waals surface area contributed by atoms with Crippen molar-refractivity contribution in [1.82, 2.24) is 4.57 Å². The van der Waals surface area contributed by atoms with Gasteiger partial charge in [-0.25, -0.2) is 4.79 Å². The summed E-state index contributed by atoms with van der Waals surface area (Å²) in [4.78, 5) is 12.2. The molecule has 1 aromatic heterocycles. The van der Waals surface area contributed by atoms with Crippen LogP contribution in [0.1, 0.15) is 21.6 Å². The summed E-state index contributed by atoms with van der Waals surface area (Å²) in [6.45, 7) is 0.525. The molecule has 0 unspecified atom stereocenters.